The molecule has 0 unspecified atom stereocenters. The van der Waals surface area contributed by atoms with E-state index in [2.05, 4.69) is 9.71 Å². The second kappa shape index (κ2) is 5.74. The predicted octanol–water partition coefficient (Wildman–Crippen LogP) is 2.55. The molecule has 0 saturated heterocycles. The van der Waals surface area contributed by atoms with E-state index in [4.69, 9.17) is 11.6 Å². The molecule has 0 aliphatic heterocycles. The number of nitro groups is 1. The number of thiophene rings is 1. The van der Waals surface area contributed by atoms with Gasteiger partial charge in [0.25, 0.3) is 15.7 Å². The van der Waals surface area contributed by atoms with Crippen molar-refractivity contribution in [1.82, 2.24) is 9.71 Å². The second-order valence-corrected chi connectivity index (χ2v) is 8.37. The average Bonchev–Trinajstić information content (AvgIpc) is 2.93. The normalized spacial score (nSPS) is 11.7. The lowest BCUT2D eigenvalue weighted by atomic mass is 10.5. The lowest BCUT2D eigenvalue weighted by Crippen LogP contribution is -2.22. The molecule has 2 rings (SSSR count). The summed E-state index contributed by atoms with van der Waals surface area (Å²) in [6.45, 7) is 1.83. The summed E-state index contributed by atoms with van der Waals surface area (Å²) in [4.78, 5) is 14.0. The van der Waals surface area contributed by atoms with E-state index in [-0.39, 0.29) is 15.1 Å². The van der Waals surface area contributed by atoms with E-state index in [9.17, 15) is 18.5 Å². The highest BCUT2D eigenvalue weighted by Crippen LogP contribution is 2.36. The van der Waals surface area contributed by atoms with Gasteiger partial charge in [0, 0.05) is 11.4 Å². The minimum Gasteiger partial charge on any atom is -0.258 e. The van der Waals surface area contributed by atoms with E-state index in [1.165, 1.54) is 11.3 Å². The first-order chi connectivity index (χ1) is 9.29. The molecule has 20 heavy (non-hydrogen) atoms. The number of aryl methyl sites for hydroxylation is 1. The Balaban J connectivity index is 2.18. The molecule has 1 N–H and O–H groups in total. The summed E-state index contributed by atoms with van der Waals surface area (Å²) in [5, 5.41) is 13.2. The molecule has 108 valence electrons. The van der Waals surface area contributed by atoms with E-state index in [0.717, 1.165) is 11.1 Å². The lowest BCUT2D eigenvalue weighted by molar-refractivity contribution is -0.384. The number of hydrogen-bond acceptors (Lipinski definition) is 7. The molecule has 11 heteroatoms. The van der Waals surface area contributed by atoms with Crippen LogP contribution in [0.25, 0.3) is 0 Å². The largest absolute Gasteiger partial charge is 0.300 e. The molecular weight excluding hydrogens is 346 g/mol. The Labute approximate surface area is 127 Å². The lowest BCUT2D eigenvalue weighted by Gasteiger charge is -2.01. The van der Waals surface area contributed by atoms with Gasteiger partial charge in [-0.3, -0.25) is 10.1 Å². The van der Waals surface area contributed by atoms with Crippen LogP contribution in [0.4, 0.5) is 5.69 Å². The van der Waals surface area contributed by atoms with Gasteiger partial charge in [-0.2, -0.15) is 0 Å². The zero-order valence-electron chi connectivity index (χ0n) is 9.99. The van der Waals surface area contributed by atoms with Crippen LogP contribution in [-0.4, -0.2) is 18.3 Å². The van der Waals surface area contributed by atoms with Gasteiger partial charge in [0.05, 0.1) is 22.2 Å². The van der Waals surface area contributed by atoms with E-state index in [1.807, 2.05) is 6.92 Å². The molecule has 2 aromatic heterocycles. The topological polar surface area (TPSA) is 102 Å². The van der Waals surface area contributed by atoms with Crippen LogP contribution < -0.4 is 4.72 Å². The van der Waals surface area contributed by atoms with Gasteiger partial charge in [-0.1, -0.05) is 11.6 Å². The van der Waals surface area contributed by atoms with Crippen molar-refractivity contribution in [1.29, 1.82) is 0 Å². The highest BCUT2D eigenvalue weighted by Gasteiger charge is 2.25. The number of nitrogens with one attached hydrogen (secondary N) is 1. The monoisotopic (exact) mass is 353 g/mol. The van der Waals surface area contributed by atoms with Crippen LogP contribution in [0.5, 0.6) is 0 Å². The van der Waals surface area contributed by atoms with Gasteiger partial charge in [0.1, 0.15) is 4.21 Å². The van der Waals surface area contributed by atoms with Crippen molar-refractivity contribution in [2.45, 2.75) is 17.7 Å². The van der Waals surface area contributed by atoms with Crippen LogP contribution in [0.2, 0.25) is 4.34 Å². The molecule has 0 aromatic carbocycles. The maximum Gasteiger partial charge on any atom is 0.300 e. The molecule has 0 amide bonds. The molecule has 7 nitrogen and oxygen atoms in total. The highest BCUT2D eigenvalue weighted by atomic mass is 35.5. The molecule has 0 aliphatic rings. The third-order valence-electron chi connectivity index (χ3n) is 2.22. The maximum absolute atomic E-state index is 12.0. The predicted molar refractivity (Wildman–Crippen MR) is 76.9 cm³/mol. The summed E-state index contributed by atoms with van der Waals surface area (Å²) in [5.41, 5.74) is 0.176. The Morgan fingerprint density at radius 3 is 2.75 bits per heavy atom. The first-order valence-corrected chi connectivity index (χ1v) is 8.70. The Kier molecular flexibility index (Phi) is 4.39. The molecular formula is C9H8ClN3O4S3. The van der Waals surface area contributed by atoms with E-state index in [0.29, 0.717) is 17.0 Å². The molecule has 2 heterocycles. The van der Waals surface area contributed by atoms with Crippen molar-refractivity contribution in [2.24, 2.45) is 0 Å². The van der Waals surface area contributed by atoms with Crippen molar-refractivity contribution in [3.8, 4) is 0 Å². The van der Waals surface area contributed by atoms with E-state index in [1.54, 1.807) is 5.38 Å². The molecule has 0 saturated carbocycles. The van der Waals surface area contributed by atoms with Gasteiger partial charge < -0.3 is 0 Å². The van der Waals surface area contributed by atoms with Gasteiger partial charge in [0.2, 0.25) is 0 Å². The standard InChI is InChI=1S/C9H8ClN3O4S3/c1-5-12-6(4-18-5)3-11-20(16,17)8-2-7(13(14)15)9(10)19-8/h2,4,11H,3H2,1H3. The van der Waals surface area contributed by atoms with Crippen molar-refractivity contribution in [3.05, 3.63) is 36.6 Å². The number of aromatic nitrogens is 1. The van der Waals surface area contributed by atoms with Gasteiger partial charge in [-0.15, -0.1) is 22.7 Å². The highest BCUT2D eigenvalue weighted by molar-refractivity contribution is 7.91. The minimum atomic E-state index is -3.84. The van der Waals surface area contributed by atoms with Crippen molar-refractivity contribution >= 4 is 50.0 Å². The van der Waals surface area contributed by atoms with Crippen LogP contribution in [0.1, 0.15) is 10.7 Å². The van der Waals surface area contributed by atoms with Crippen LogP contribution in [0, 0.1) is 17.0 Å². The number of nitrogens with zero attached hydrogens (tertiary/aromatic N) is 2. The summed E-state index contributed by atoms with van der Waals surface area (Å²) < 4.78 is 26.0. The number of hydrogen-bond donors (Lipinski definition) is 1. The molecule has 0 fully saturated rings. The third-order valence-corrected chi connectivity index (χ3v) is 6.25. The van der Waals surface area contributed by atoms with Crippen molar-refractivity contribution < 1.29 is 13.3 Å². The molecule has 0 atom stereocenters. The fraction of sp³-hybridized carbons (Fsp3) is 0.222. The van der Waals surface area contributed by atoms with Crippen LogP contribution in [-0.2, 0) is 16.6 Å². The van der Waals surface area contributed by atoms with E-state index >= 15 is 0 Å². The maximum atomic E-state index is 12.0. The number of sulfonamides is 1. The summed E-state index contributed by atoms with van der Waals surface area (Å²) in [5.74, 6) is 0. The van der Waals surface area contributed by atoms with Gasteiger partial charge >= 0.3 is 0 Å². The molecule has 0 bridgehead atoms. The zero-order chi connectivity index (χ0) is 14.9. The Hall–Kier alpha value is -1.07. The van der Waals surface area contributed by atoms with Gasteiger partial charge in [-0.25, -0.2) is 18.1 Å². The summed E-state index contributed by atoms with van der Waals surface area (Å²) in [7, 11) is -3.84. The molecule has 0 radical (unpaired) electrons. The molecule has 0 aliphatic carbocycles. The molecule has 2 aromatic rings. The third kappa shape index (κ3) is 3.33. The Bertz CT molecular complexity index is 752. The summed E-state index contributed by atoms with van der Waals surface area (Å²) >= 11 is 7.69. The Morgan fingerprint density at radius 1 is 1.55 bits per heavy atom. The smallest absolute Gasteiger partial charge is 0.258 e. The zero-order valence-corrected chi connectivity index (χ0v) is 13.2. The fourth-order valence-corrected chi connectivity index (χ4v) is 4.65. The first-order valence-electron chi connectivity index (χ1n) is 5.14. The molecule has 0 spiro atoms. The fourth-order valence-electron chi connectivity index (χ4n) is 1.32. The Morgan fingerprint density at radius 2 is 2.25 bits per heavy atom. The minimum absolute atomic E-state index is 0.0238. The average molecular weight is 354 g/mol. The quantitative estimate of drug-likeness (QED) is 0.657. The van der Waals surface area contributed by atoms with Gasteiger partial charge in [0.15, 0.2) is 4.34 Å². The van der Waals surface area contributed by atoms with Crippen LogP contribution in [0.15, 0.2) is 15.7 Å². The SMILES string of the molecule is Cc1nc(CNS(=O)(=O)c2cc([N+](=O)[O-])c(Cl)s2)cs1. The van der Waals surface area contributed by atoms with Gasteiger partial charge in [-0.05, 0) is 6.92 Å². The summed E-state index contributed by atoms with van der Waals surface area (Å²) in [6, 6.07) is 0.946. The summed E-state index contributed by atoms with van der Waals surface area (Å²) in [6.07, 6.45) is 0. The number of rotatable bonds is 5. The van der Waals surface area contributed by atoms with Crippen molar-refractivity contribution in [2.75, 3.05) is 0 Å². The number of halogens is 1. The number of thiazole rings is 1. The van der Waals surface area contributed by atoms with E-state index < -0.39 is 20.6 Å². The first kappa shape index (κ1) is 15.3. The van der Waals surface area contributed by atoms with Crippen molar-refractivity contribution in [3.63, 3.8) is 0 Å². The van der Waals surface area contributed by atoms with Crippen LogP contribution in [0.3, 0.4) is 0 Å². The van der Waals surface area contributed by atoms with Crippen LogP contribution >= 0.6 is 34.3 Å². The second-order valence-electron chi connectivity index (χ2n) is 3.66.